The lowest BCUT2D eigenvalue weighted by atomic mass is 9.97. The van der Waals surface area contributed by atoms with Crippen molar-refractivity contribution in [3.63, 3.8) is 0 Å². The van der Waals surface area contributed by atoms with Crippen LogP contribution in [0.25, 0.3) is 0 Å². The molecule has 3 nitrogen and oxygen atoms in total. The molecule has 1 atom stereocenters. The van der Waals surface area contributed by atoms with Crippen molar-refractivity contribution in [1.29, 1.82) is 0 Å². The second kappa shape index (κ2) is 8.02. The summed E-state index contributed by atoms with van der Waals surface area (Å²) in [4.78, 5) is 0. The van der Waals surface area contributed by atoms with E-state index in [1.807, 2.05) is 19.2 Å². The number of halogens is 1. The summed E-state index contributed by atoms with van der Waals surface area (Å²) >= 11 is 3.46. The summed E-state index contributed by atoms with van der Waals surface area (Å²) in [5.74, 6) is 0.862. The molecule has 19 heavy (non-hydrogen) atoms. The second-order valence-corrected chi connectivity index (χ2v) is 8.17. The van der Waals surface area contributed by atoms with Crippen LogP contribution in [-0.2, 0) is 16.3 Å². The molecule has 0 bridgehead atoms. The number of rotatable bonds is 8. The van der Waals surface area contributed by atoms with Crippen LogP contribution in [0.3, 0.4) is 0 Å². The van der Waals surface area contributed by atoms with E-state index in [4.69, 9.17) is 0 Å². The van der Waals surface area contributed by atoms with Gasteiger partial charge < -0.3 is 5.32 Å². The molecule has 0 radical (unpaired) electrons. The standard InChI is InChI=1S/C14H22BrNO2S/c1-3-19(17,18)8-7-13(11-16-2)9-12-5-4-6-14(15)10-12/h4-6,10,13,16H,3,7-9,11H2,1-2H3. The average molecular weight is 348 g/mol. The molecule has 0 heterocycles. The van der Waals surface area contributed by atoms with Gasteiger partial charge in [-0.05, 0) is 50.0 Å². The van der Waals surface area contributed by atoms with Crippen molar-refractivity contribution in [2.24, 2.45) is 5.92 Å². The summed E-state index contributed by atoms with van der Waals surface area (Å²) in [6.07, 6.45) is 1.61. The van der Waals surface area contributed by atoms with Crippen molar-refractivity contribution in [3.05, 3.63) is 34.3 Å². The molecule has 1 unspecified atom stereocenters. The van der Waals surface area contributed by atoms with Gasteiger partial charge in [-0.2, -0.15) is 0 Å². The van der Waals surface area contributed by atoms with E-state index < -0.39 is 9.84 Å². The first kappa shape index (κ1) is 16.7. The van der Waals surface area contributed by atoms with Gasteiger partial charge in [0.15, 0.2) is 0 Å². The molecule has 1 N–H and O–H groups in total. The van der Waals surface area contributed by atoms with Crippen LogP contribution in [0.5, 0.6) is 0 Å². The smallest absolute Gasteiger partial charge is 0.150 e. The maximum atomic E-state index is 11.6. The molecular weight excluding hydrogens is 326 g/mol. The van der Waals surface area contributed by atoms with E-state index in [0.29, 0.717) is 12.3 Å². The molecule has 0 aromatic heterocycles. The molecule has 0 amide bonds. The van der Waals surface area contributed by atoms with Gasteiger partial charge in [-0.15, -0.1) is 0 Å². The van der Waals surface area contributed by atoms with Crippen LogP contribution < -0.4 is 5.32 Å². The lowest BCUT2D eigenvalue weighted by molar-refractivity contribution is 0.478. The normalized spacial score (nSPS) is 13.4. The van der Waals surface area contributed by atoms with Crippen molar-refractivity contribution in [3.8, 4) is 0 Å². The Bertz CT molecular complexity index is 488. The molecule has 1 aromatic rings. The highest BCUT2D eigenvalue weighted by Gasteiger charge is 2.14. The fraction of sp³-hybridized carbons (Fsp3) is 0.571. The van der Waals surface area contributed by atoms with E-state index >= 15 is 0 Å². The van der Waals surface area contributed by atoms with Crippen LogP contribution in [0.15, 0.2) is 28.7 Å². The molecule has 0 aliphatic carbocycles. The van der Waals surface area contributed by atoms with Gasteiger partial charge in [0.25, 0.3) is 0 Å². The molecule has 1 aromatic carbocycles. The summed E-state index contributed by atoms with van der Waals surface area (Å²) < 4.78 is 24.2. The third-order valence-corrected chi connectivity index (χ3v) is 5.41. The number of hydrogen-bond acceptors (Lipinski definition) is 3. The fourth-order valence-electron chi connectivity index (χ4n) is 2.05. The van der Waals surface area contributed by atoms with Crippen LogP contribution in [-0.4, -0.2) is 33.5 Å². The van der Waals surface area contributed by atoms with Crippen LogP contribution >= 0.6 is 15.9 Å². The summed E-state index contributed by atoms with van der Waals surface area (Å²) in [6, 6.07) is 8.19. The molecule has 0 spiro atoms. The molecule has 108 valence electrons. The Morgan fingerprint density at radius 3 is 2.68 bits per heavy atom. The monoisotopic (exact) mass is 347 g/mol. The van der Waals surface area contributed by atoms with Crippen molar-refractivity contribution in [1.82, 2.24) is 5.32 Å². The van der Waals surface area contributed by atoms with E-state index in [0.717, 1.165) is 17.4 Å². The van der Waals surface area contributed by atoms with Gasteiger partial charge >= 0.3 is 0 Å². The highest BCUT2D eigenvalue weighted by atomic mass is 79.9. The minimum absolute atomic E-state index is 0.232. The number of benzene rings is 1. The van der Waals surface area contributed by atoms with E-state index in [1.165, 1.54) is 5.56 Å². The largest absolute Gasteiger partial charge is 0.319 e. The predicted octanol–water partition coefficient (Wildman–Crippen LogP) is 2.65. The third kappa shape index (κ3) is 6.54. The molecule has 0 saturated carbocycles. The number of hydrogen-bond donors (Lipinski definition) is 1. The van der Waals surface area contributed by atoms with Crippen LogP contribution in [0.4, 0.5) is 0 Å². The van der Waals surface area contributed by atoms with Crippen LogP contribution in [0, 0.1) is 5.92 Å². The SMILES string of the molecule is CCS(=O)(=O)CCC(CNC)Cc1cccc(Br)c1. The molecule has 0 aliphatic rings. The zero-order valence-electron chi connectivity index (χ0n) is 11.5. The molecule has 0 saturated heterocycles. The topological polar surface area (TPSA) is 46.2 Å². The molecular formula is C14H22BrNO2S. The fourth-order valence-corrected chi connectivity index (χ4v) is 3.48. The van der Waals surface area contributed by atoms with Gasteiger partial charge in [-0.25, -0.2) is 8.42 Å². The Morgan fingerprint density at radius 1 is 1.37 bits per heavy atom. The minimum Gasteiger partial charge on any atom is -0.319 e. The van der Waals surface area contributed by atoms with Crippen molar-refractivity contribution in [2.45, 2.75) is 19.8 Å². The third-order valence-electron chi connectivity index (χ3n) is 3.18. The molecule has 1 rings (SSSR count). The first-order valence-corrected chi connectivity index (χ1v) is 9.17. The Hall–Kier alpha value is -0.390. The summed E-state index contributed by atoms with van der Waals surface area (Å²) in [5.41, 5.74) is 1.24. The zero-order valence-corrected chi connectivity index (χ0v) is 13.9. The van der Waals surface area contributed by atoms with E-state index in [9.17, 15) is 8.42 Å². The predicted molar refractivity (Wildman–Crippen MR) is 84.2 cm³/mol. The number of sulfone groups is 1. The first-order chi connectivity index (χ1) is 8.96. The van der Waals surface area contributed by atoms with E-state index in [-0.39, 0.29) is 11.5 Å². The van der Waals surface area contributed by atoms with Gasteiger partial charge in [0.2, 0.25) is 0 Å². The Labute approximate surface area is 124 Å². The maximum Gasteiger partial charge on any atom is 0.150 e. The number of nitrogens with one attached hydrogen (secondary N) is 1. The van der Waals surface area contributed by atoms with Gasteiger partial charge in [0.1, 0.15) is 9.84 Å². The minimum atomic E-state index is -2.87. The maximum absolute atomic E-state index is 11.6. The zero-order chi connectivity index (χ0) is 14.3. The Balaban J connectivity index is 2.62. The van der Waals surface area contributed by atoms with Gasteiger partial charge in [-0.3, -0.25) is 0 Å². The summed E-state index contributed by atoms with van der Waals surface area (Å²) in [7, 11) is -0.965. The first-order valence-electron chi connectivity index (χ1n) is 6.56. The summed E-state index contributed by atoms with van der Waals surface area (Å²) in [5, 5.41) is 3.15. The second-order valence-electron chi connectivity index (χ2n) is 4.78. The average Bonchev–Trinajstić information content (AvgIpc) is 2.36. The highest BCUT2D eigenvalue weighted by Crippen LogP contribution is 2.17. The van der Waals surface area contributed by atoms with Crippen LogP contribution in [0.1, 0.15) is 18.9 Å². The molecule has 0 fully saturated rings. The van der Waals surface area contributed by atoms with Gasteiger partial charge in [0, 0.05) is 10.2 Å². The van der Waals surface area contributed by atoms with Crippen molar-refractivity contribution < 1.29 is 8.42 Å². The molecule has 5 heteroatoms. The summed E-state index contributed by atoms with van der Waals surface area (Å²) in [6.45, 7) is 2.54. The van der Waals surface area contributed by atoms with Gasteiger partial charge in [0.05, 0.1) is 5.75 Å². The van der Waals surface area contributed by atoms with Crippen LogP contribution in [0.2, 0.25) is 0 Å². The Morgan fingerprint density at radius 2 is 2.11 bits per heavy atom. The lowest BCUT2D eigenvalue weighted by Crippen LogP contribution is -2.24. The quantitative estimate of drug-likeness (QED) is 0.786. The Kier molecular flexibility index (Phi) is 7.04. The molecule has 0 aliphatic heterocycles. The van der Waals surface area contributed by atoms with Gasteiger partial charge in [-0.1, -0.05) is 35.0 Å². The van der Waals surface area contributed by atoms with Crippen molar-refractivity contribution >= 4 is 25.8 Å². The van der Waals surface area contributed by atoms with Crippen molar-refractivity contribution in [2.75, 3.05) is 25.1 Å². The highest BCUT2D eigenvalue weighted by molar-refractivity contribution is 9.10. The van der Waals surface area contributed by atoms with E-state index in [1.54, 1.807) is 6.92 Å². The van der Waals surface area contributed by atoms with E-state index in [2.05, 4.69) is 33.4 Å². The lowest BCUT2D eigenvalue weighted by Gasteiger charge is -2.16.